The Balaban J connectivity index is 2.48. The van der Waals surface area contributed by atoms with E-state index in [1.807, 2.05) is 0 Å². The zero-order valence-corrected chi connectivity index (χ0v) is 9.54. The first-order chi connectivity index (χ1) is 6.83. The Bertz CT molecular complexity index is 146. The van der Waals surface area contributed by atoms with Gasteiger partial charge in [-0.25, -0.2) is 0 Å². The number of hydrogen-bond acceptors (Lipinski definition) is 3. The first kappa shape index (κ1) is 12.0. The van der Waals surface area contributed by atoms with E-state index >= 15 is 0 Å². The molecule has 1 saturated heterocycles. The Morgan fingerprint density at radius 3 is 2.71 bits per heavy atom. The highest BCUT2D eigenvalue weighted by Gasteiger charge is 2.28. The average Bonchev–Trinajstić information content (AvgIpc) is 2.71. The van der Waals surface area contributed by atoms with Gasteiger partial charge in [-0.15, -0.1) is 0 Å². The summed E-state index contributed by atoms with van der Waals surface area (Å²) in [6, 6.07) is 0.433. The van der Waals surface area contributed by atoms with Crippen molar-refractivity contribution in [2.45, 2.75) is 45.3 Å². The van der Waals surface area contributed by atoms with Crippen LogP contribution in [0.15, 0.2) is 0 Å². The van der Waals surface area contributed by atoms with Gasteiger partial charge < -0.3 is 10.5 Å². The maximum absolute atomic E-state index is 5.84. The van der Waals surface area contributed by atoms with Crippen molar-refractivity contribution >= 4 is 0 Å². The van der Waals surface area contributed by atoms with E-state index in [0.717, 1.165) is 26.2 Å². The van der Waals surface area contributed by atoms with Crippen LogP contribution in [0, 0.1) is 0 Å². The SMILES string of the molecule is CCCN(CC)C(CN)C1CCCO1. The highest BCUT2D eigenvalue weighted by molar-refractivity contribution is 4.83. The van der Waals surface area contributed by atoms with Crippen molar-refractivity contribution in [2.75, 3.05) is 26.2 Å². The molecule has 1 rings (SSSR count). The van der Waals surface area contributed by atoms with E-state index in [0.29, 0.717) is 12.1 Å². The summed E-state index contributed by atoms with van der Waals surface area (Å²) in [7, 11) is 0. The Hall–Kier alpha value is -0.120. The summed E-state index contributed by atoms with van der Waals surface area (Å²) in [6.07, 6.45) is 3.95. The van der Waals surface area contributed by atoms with E-state index in [1.54, 1.807) is 0 Å². The minimum Gasteiger partial charge on any atom is -0.377 e. The lowest BCUT2D eigenvalue weighted by Gasteiger charge is -2.33. The molecular weight excluding hydrogens is 176 g/mol. The van der Waals surface area contributed by atoms with Gasteiger partial charge in [-0.2, -0.15) is 0 Å². The van der Waals surface area contributed by atoms with Crippen LogP contribution in [-0.2, 0) is 4.74 Å². The van der Waals surface area contributed by atoms with E-state index in [4.69, 9.17) is 10.5 Å². The first-order valence-electron chi connectivity index (χ1n) is 5.89. The van der Waals surface area contributed by atoms with Gasteiger partial charge in [-0.1, -0.05) is 13.8 Å². The molecule has 0 bridgehead atoms. The molecule has 3 heteroatoms. The molecular formula is C11H24N2O. The predicted octanol–water partition coefficient (Wildman–Crippen LogP) is 1.22. The molecule has 1 fully saturated rings. The maximum atomic E-state index is 5.84. The van der Waals surface area contributed by atoms with Crippen molar-refractivity contribution in [3.05, 3.63) is 0 Å². The molecule has 0 aromatic rings. The summed E-state index contributed by atoms with van der Waals surface area (Å²) < 4.78 is 5.71. The van der Waals surface area contributed by atoms with Crippen molar-refractivity contribution in [3.8, 4) is 0 Å². The monoisotopic (exact) mass is 200 g/mol. The second-order valence-corrected chi connectivity index (χ2v) is 3.98. The molecule has 0 saturated carbocycles. The molecule has 0 aliphatic carbocycles. The minimum atomic E-state index is 0.381. The molecule has 0 radical (unpaired) electrons. The number of ether oxygens (including phenoxy) is 1. The van der Waals surface area contributed by atoms with Crippen LogP contribution in [0.3, 0.4) is 0 Å². The zero-order chi connectivity index (χ0) is 10.4. The number of nitrogens with zero attached hydrogens (tertiary/aromatic N) is 1. The summed E-state index contributed by atoms with van der Waals surface area (Å²) in [4.78, 5) is 2.45. The van der Waals surface area contributed by atoms with Crippen molar-refractivity contribution in [3.63, 3.8) is 0 Å². The van der Waals surface area contributed by atoms with Crippen LogP contribution >= 0.6 is 0 Å². The summed E-state index contributed by atoms with van der Waals surface area (Å²) in [5.74, 6) is 0. The summed E-state index contributed by atoms with van der Waals surface area (Å²) >= 11 is 0. The fourth-order valence-corrected chi connectivity index (χ4v) is 2.29. The molecule has 3 nitrogen and oxygen atoms in total. The van der Waals surface area contributed by atoms with Crippen molar-refractivity contribution < 1.29 is 4.74 Å². The number of hydrogen-bond donors (Lipinski definition) is 1. The van der Waals surface area contributed by atoms with Gasteiger partial charge in [0.25, 0.3) is 0 Å². The second kappa shape index (κ2) is 6.38. The first-order valence-corrected chi connectivity index (χ1v) is 5.89. The van der Waals surface area contributed by atoms with Crippen molar-refractivity contribution in [1.82, 2.24) is 4.90 Å². The smallest absolute Gasteiger partial charge is 0.0743 e. The van der Waals surface area contributed by atoms with E-state index < -0.39 is 0 Å². The van der Waals surface area contributed by atoms with Crippen molar-refractivity contribution in [1.29, 1.82) is 0 Å². The fourth-order valence-electron chi connectivity index (χ4n) is 2.29. The molecule has 1 aliphatic heterocycles. The summed E-state index contributed by atoms with van der Waals surface area (Å²) in [6.45, 7) is 8.27. The summed E-state index contributed by atoms with van der Waals surface area (Å²) in [5, 5.41) is 0. The topological polar surface area (TPSA) is 38.5 Å². The van der Waals surface area contributed by atoms with Crippen LogP contribution in [0.25, 0.3) is 0 Å². The largest absolute Gasteiger partial charge is 0.377 e. The van der Waals surface area contributed by atoms with Crippen LogP contribution in [0.4, 0.5) is 0 Å². The van der Waals surface area contributed by atoms with E-state index in [2.05, 4.69) is 18.7 Å². The van der Waals surface area contributed by atoms with Crippen molar-refractivity contribution in [2.24, 2.45) is 5.73 Å². The highest BCUT2D eigenvalue weighted by atomic mass is 16.5. The molecule has 0 amide bonds. The third kappa shape index (κ3) is 2.94. The normalized spacial score (nSPS) is 24.4. The third-order valence-electron chi connectivity index (χ3n) is 3.02. The summed E-state index contributed by atoms with van der Waals surface area (Å²) in [5.41, 5.74) is 5.84. The molecule has 84 valence electrons. The van der Waals surface area contributed by atoms with E-state index in [1.165, 1.54) is 19.3 Å². The number of nitrogens with two attached hydrogens (primary N) is 1. The van der Waals surface area contributed by atoms with Gasteiger partial charge in [0.2, 0.25) is 0 Å². The third-order valence-corrected chi connectivity index (χ3v) is 3.02. The molecule has 0 aromatic carbocycles. The molecule has 2 N–H and O–H groups in total. The van der Waals surface area contributed by atoms with E-state index in [9.17, 15) is 0 Å². The van der Waals surface area contributed by atoms with Gasteiger partial charge in [0.1, 0.15) is 0 Å². The Labute approximate surface area is 87.6 Å². The maximum Gasteiger partial charge on any atom is 0.0743 e. The van der Waals surface area contributed by atoms with Gasteiger partial charge in [0.05, 0.1) is 6.10 Å². The minimum absolute atomic E-state index is 0.381. The zero-order valence-electron chi connectivity index (χ0n) is 9.54. The molecule has 14 heavy (non-hydrogen) atoms. The predicted molar refractivity (Wildman–Crippen MR) is 59.4 cm³/mol. The van der Waals surface area contributed by atoms with Gasteiger partial charge in [0, 0.05) is 19.2 Å². The van der Waals surface area contributed by atoms with Gasteiger partial charge in [0.15, 0.2) is 0 Å². The molecule has 1 aliphatic rings. The lowest BCUT2D eigenvalue weighted by Crippen LogP contribution is -2.48. The standard InChI is InChI=1S/C11H24N2O/c1-3-7-13(4-2)10(9-12)11-6-5-8-14-11/h10-11H,3-9,12H2,1-2H3. The van der Waals surface area contributed by atoms with Crippen LogP contribution < -0.4 is 5.73 Å². The highest BCUT2D eigenvalue weighted by Crippen LogP contribution is 2.19. The average molecular weight is 200 g/mol. The lowest BCUT2D eigenvalue weighted by atomic mass is 10.1. The quantitative estimate of drug-likeness (QED) is 0.701. The van der Waals surface area contributed by atoms with Crippen LogP contribution in [-0.4, -0.2) is 43.3 Å². The van der Waals surface area contributed by atoms with Crippen LogP contribution in [0.5, 0.6) is 0 Å². The number of rotatable bonds is 6. The molecule has 0 aromatic heterocycles. The number of likely N-dealkylation sites (N-methyl/N-ethyl adjacent to an activating group) is 1. The lowest BCUT2D eigenvalue weighted by molar-refractivity contribution is 0.0292. The van der Waals surface area contributed by atoms with E-state index in [-0.39, 0.29) is 0 Å². The Morgan fingerprint density at radius 2 is 2.29 bits per heavy atom. The molecule has 0 spiro atoms. The molecule has 1 heterocycles. The Morgan fingerprint density at radius 1 is 1.50 bits per heavy atom. The molecule has 2 atom stereocenters. The van der Waals surface area contributed by atoms with Gasteiger partial charge >= 0.3 is 0 Å². The van der Waals surface area contributed by atoms with Crippen LogP contribution in [0.1, 0.15) is 33.1 Å². The fraction of sp³-hybridized carbons (Fsp3) is 1.00. The second-order valence-electron chi connectivity index (χ2n) is 3.98. The van der Waals surface area contributed by atoms with Crippen LogP contribution in [0.2, 0.25) is 0 Å². The Kier molecular flexibility index (Phi) is 5.45. The van der Waals surface area contributed by atoms with Gasteiger partial charge in [-0.3, -0.25) is 4.90 Å². The molecule has 2 unspecified atom stereocenters. The van der Waals surface area contributed by atoms with Gasteiger partial charge in [-0.05, 0) is 32.4 Å².